The van der Waals surface area contributed by atoms with Crippen LogP contribution in [0.25, 0.3) is 0 Å². The van der Waals surface area contributed by atoms with Crippen LogP contribution in [0.2, 0.25) is 0 Å². The normalized spacial score (nSPS) is 13.5. The van der Waals surface area contributed by atoms with Gasteiger partial charge >= 0.3 is 0 Å². The molecule has 110 valence electrons. The van der Waals surface area contributed by atoms with Crippen molar-refractivity contribution in [1.29, 1.82) is 0 Å². The molecule has 0 radical (unpaired) electrons. The standard InChI is InChI=1S/C19H23NS/c1-4-16-11-9-10-14-18(16)19(5-2,20-15(3)21)17-12-7-6-8-13-17/h6-14H,4-5H2,1-3H3,(H,20,21). The fraction of sp³-hybridized carbons (Fsp3) is 0.316. The van der Waals surface area contributed by atoms with Crippen molar-refractivity contribution < 1.29 is 0 Å². The van der Waals surface area contributed by atoms with Crippen LogP contribution in [0.15, 0.2) is 54.6 Å². The molecule has 0 saturated heterocycles. The quantitative estimate of drug-likeness (QED) is 0.793. The van der Waals surface area contributed by atoms with E-state index in [9.17, 15) is 0 Å². The van der Waals surface area contributed by atoms with Crippen molar-refractivity contribution >= 4 is 17.2 Å². The van der Waals surface area contributed by atoms with Crippen molar-refractivity contribution in [2.75, 3.05) is 0 Å². The third kappa shape index (κ3) is 3.16. The molecule has 0 aliphatic heterocycles. The predicted molar refractivity (Wildman–Crippen MR) is 94.7 cm³/mol. The summed E-state index contributed by atoms with van der Waals surface area (Å²) in [6.45, 7) is 6.37. The highest BCUT2D eigenvalue weighted by atomic mass is 32.1. The van der Waals surface area contributed by atoms with Gasteiger partial charge in [-0.3, -0.25) is 0 Å². The molecule has 21 heavy (non-hydrogen) atoms. The van der Waals surface area contributed by atoms with Crippen LogP contribution in [0.1, 0.15) is 43.9 Å². The van der Waals surface area contributed by atoms with Gasteiger partial charge in [0.2, 0.25) is 0 Å². The Morgan fingerprint density at radius 2 is 1.62 bits per heavy atom. The molecule has 0 aliphatic rings. The van der Waals surface area contributed by atoms with Crippen molar-refractivity contribution in [2.45, 2.75) is 39.2 Å². The molecular weight excluding hydrogens is 274 g/mol. The van der Waals surface area contributed by atoms with Crippen LogP contribution in [-0.2, 0) is 12.0 Å². The number of rotatable bonds is 5. The summed E-state index contributed by atoms with van der Waals surface area (Å²) < 4.78 is 0. The molecule has 1 atom stereocenters. The summed E-state index contributed by atoms with van der Waals surface area (Å²) in [4.78, 5) is 0.826. The minimum atomic E-state index is -0.250. The van der Waals surface area contributed by atoms with Gasteiger partial charge in [-0.15, -0.1) is 0 Å². The molecule has 2 aromatic rings. The summed E-state index contributed by atoms with van der Waals surface area (Å²) in [5.41, 5.74) is 3.70. The Balaban J connectivity index is 2.68. The second kappa shape index (κ2) is 6.86. The summed E-state index contributed by atoms with van der Waals surface area (Å²) in [7, 11) is 0. The highest BCUT2D eigenvalue weighted by Crippen LogP contribution is 2.35. The van der Waals surface area contributed by atoms with E-state index in [1.54, 1.807) is 0 Å². The molecule has 0 amide bonds. The van der Waals surface area contributed by atoms with Crippen LogP contribution in [-0.4, -0.2) is 4.99 Å². The van der Waals surface area contributed by atoms with E-state index in [0.717, 1.165) is 17.8 Å². The number of thiocarbonyl (C=S) groups is 1. The highest BCUT2D eigenvalue weighted by Gasteiger charge is 2.33. The van der Waals surface area contributed by atoms with E-state index in [0.29, 0.717) is 0 Å². The highest BCUT2D eigenvalue weighted by molar-refractivity contribution is 7.80. The summed E-state index contributed by atoms with van der Waals surface area (Å²) in [6, 6.07) is 19.3. The van der Waals surface area contributed by atoms with Gasteiger partial charge in [-0.05, 0) is 36.5 Å². The zero-order valence-corrected chi connectivity index (χ0v) is 13.8. The van der Waals surface area contributed by atoms with Gasteiger partial charge in [-0.1, -0.05) is 80.7 Å². The molecule has 0 fully saturated rings. The second-order valence-corrected chi connectivity index (χ2v) is 5.93. The van der Waals surface area contributed by atoms with Crippen molar-refractivity contribution in [3.05, 3.63) is 71.3 Å². The Hall–Kier alpha value is -1.67. The van der Waals surface area contributed by atoms with E-state index in [1.807, 2.05) is 6.92 Å². The number of aryl methyl sites for hydroxylation is 1. The molecule has 0 heterocycles. The molecule has 1 nitrogen and oxygen atoms in total. The number of hydrogen-bond acceptors (Lipinski definition) is 1. The van der Waals surface area contributed by atoms with Gasteiger partial charge in [0.05, 0.1) is 10.5 Å². The van der Waals surface area contributed by atoms with E-state index in [4.69, 9.17) is 12.2 Å². The Labute approximate surface area is 133 Å². The minimum Gasteiger partial charge on any atom is -0.366 e. The first-order valence-electron chi connectivity index (χ1n) is 7.56. The summed E-state index contributed by atoms with van der Waals surface area (Å²) in [5.74, 6) is 0. The molecule has 2 heteroatoms. The summed E-state index contributed by atoms with van der Waals surface area (Å²) in [6.07, 6.45) is 1.96. The maximum atomic E-state index is 5.38. The van der Waals surface area contributed by atoms with Crippen molar-refractivity contribution in [2.24, 2.45) is 0 Å². The lowest BCUT2D eigenvalue weighted by atomic mass is 9.78. The van der Waals surface area contributed by atoms with E-state index < -0.39 is 0 Å². The lowest BCUT2D eigenvalue weighted by molar-refractivity contribution is 0.458. The van der Waals surface area contributed by atoms with Crippen LogP contribution in [0, 0.1) is 0 Å². The van der Waals surface area contributed by atoms with Gasteiger partial charge in [-0.2, -0.15) is 0 Å². The molecule has 2 aromatic carbocycles. The third-order valence-electron chi connectivity index (χ3n) is 4.04. The van der Waals surface area contributed by atoms with E-state index >= 15 is 0 Å². The summed E-state index contributed by atoms with van der Waals surface area (Å²) >= 11 is 5.38. The van der Waals surface area contributed by atoms with E-state index in [1.165, 1.54) is 16.7 Å². The van der Waals surface area contributed by atoms with Crippen LogP contribution in [0.4, 0.5) is 0 Å². The van der Waals surface area contributed by atoms with Gasteiger partial charge in [0.1, 0.15) is 0 Å². The van der Waals surface area contributed by atoms with Crippen molar-refractivity contribution in [3.8, 4) is 0 Å². The van der Waals surface area contributed by atoms with Crippen LogP contribution in [0.5, 0.6) is 0 Å². The molecular formula is C19H23NS. The Bertz CT molecular complexity index is 606. The molecule has 1 unspecified atom stereocenters. The number of benzene rings is 2. The van der Waals surface area contributed by atoms with Crippen molar-refractivity contribution in [1.82, 2.24) is 5.32 Å². The first-order chi connectivity index (χ1) is 10.1. The summed E-state index contributed by atoms with van der Waals surface area (Å²) in [5, 5.41) is 3.58. The Morgan fingerprint density at radius 1 is 1.00 bits per heavy atom. The van der Waals surface area contributed by atoms with Gasteiger partial charge in [0.15, 0.2) is 0 Å². The third-order valence-corrected chi connectivity index (χ3v) is 4.15. The van der Waals surface area contributed by atoms with Crippen LogP contribution < -0.4 is 5.32 Å². The maximum Gasteiger partial charge on any atom is 0.0883 e. The molecule has 0 aliphatic carbocycles. The zero-order valence-electron chi connectivity index (χ0n) is 13.0. The topological polar surface area (TPSA) is 12.0 Å². The minimum absolute atomic E-state index is 0.250. The van der Waals surface area contributed by atoms with E-state index in [-0.39, 0.29) is 5.54 Å². The monoisotopic (exact) mass is 297 g/mol. The van der Waals surface area contributed by atoms with Gasteiger partial charge in [0, 0.05) is 0 Å². The lowest BCUT2D eigenvalue weighted by Gasteiger charge is -2.37. The first-order valence-corrected chi connectivity index (χ1v) is 7.97. The van der Waals surface area contributed by atoms with E-state index in [2.05, 4.69) is 73.8 Å². The largest absolute Gasteiger partial charge is 0.366 e. The zero-order chi connectivity index (χ0) is 15.3. The SMILES string of the molecule is CCc1ccccc1C(CC)(NC(C)=S)c1ccccc1. The molecule has 0 aromatic heterocycles. The number of hydrogen-bond donors (Lipinski definition) is 1. The lowest BCUT2D eigenvalue weighted by Crippen LogP contribution is -2.45. The maximum absolute atomic E-state index is 5.38. The fourth-order valence-corrected chi connectivity index (χ4v) is 3.22. The first kappa shape index (κ1) is 15.7. The molecule has 2 rings (SSSR count). The molecule has 0 spiro atoms. The Kier molecular flexibility index (Phi) is 5.13. The predicted octanol–water partition coefficient (Wildman–Crippen LogP) is 4.84. The van der Waals surface area contributed by atoms with Crippen LogP contribution in [0.3, 0.4) is 0 Å². The van der Waals surface area contributed by atoms with Gasteiger partial charge in [0.25, 0.3) is 0 Å². The average molecular weight is 297 g/mol. The van der Waals surface area contributed by atoms with Crippen LogP contribution >= 0.6 is 12.2 Å². The average Bonchev–Trinajstić information content (AvgIpc) is 2.53. The second-order valence-electron chi connectivity index (χ2n) is 5.32. The van der Waals surface area contributed by atoms with Gasteiger partial charge < -0.3 is 5.32 Å². The number of nitrogens with one attached hydrogen (secondary N) is 1. The smallest absolute Gasteiger partial charge is 0.0883 e. The van der Waals surface area contributed by atoms with Crippen molar-refractivity contribution in [3.63, 3.8) is 0 Å². The molecule has 1 N–H and O–H groups in total. The molecule has 0 saturated carbocycles. The Morgan fingerprint density at radius 3 is 2.19 bits per heavy atom. The molecule has 0 bridgehead atoms. The fourth-order valence-electron chi connectivity index (χ4n) is 3.05. The van der Waals surface area contributed by atoms with Gasteiger partial charge in [-0.25, -0.2) is 0 Å².